The van der Waals surface area contributed by atoms with Crippen molar-refractivity contribution in [2.75, 3.05) is 0 Å². The molecule has 0 radical (unpaired) electrons. The third kappa shape index (κ3) is 3.22. The quantitative estimate of drug-likeness (QED) is 0.685. The van der Waals surface area contributed by atoms with Gasteiger partial charge in [0.05, 0.1) is 0 Å². The van der Waals surface area contributed by atoms with Crippen LogP contribution in [-0.4, -0.2) is 8.42 Å². The summed E-state index contributed by atoms with van der Waals surface area (Å²) in [7, 11) is -2.88. The highest BCUT2D eigenvalue weighted by Gasteiger charge is 2.12. The van der Waals surface area contributed by atoms with Crippen molar-refractivity contribution in [1.29, 1.82) is 0 Å². The highest BCUT2D eigenvalue weighted by molar-refractivity contribution is 7.70. The first-order valence-corrected chi connectivity index (χ1v) is 5.71. The fraction of sp³-hybridized carbons (Fsp3) is 0.333. The Balaban J connectivity index is 3.02. The Hall–Kier alpha value is -1.05. The van der Waals surface area contributed by atoms with Crippen molar-refractivity contribution in [2.45, 2.75) is 19.5 Å². The summed E-state index contributed by atoms with van der Waals surface area (Å²) < 4.78 is 49.2. The average Bonchev–Trinajstić information content (AvgIpc) is 2.15. The lowest BCUT2D eigenvalue weighted by Gasteiger charge is -2.09. The molecule has 0 aliphatic rings. The molecule has 0 aliphatic heterocycles. The summed E-state index contributed by atoms with van der Waals surface area (Å²) in [6.45, 7) is 1.19. The lowest BCUT2D eigenvalue weighted by molar-refractivity contribution is 0.543. The molecule has 0 aromatic heterocycles. The molecule has 16 heavy (non-hydrogen) atoms. The number of hydrogen-bond acceptors (Lipinski definition) is 3. The molecule has 1 aromatic rings. The molecule has 1 aromatic carbocycles. The largest absolute Gasteiger partial charge is 0.324 e. The van der Waals surface area contributed by atoms with Gasteiger partial charge in [-0.2, -0.15) is 0 Å². The van der Waals surface area contributed by atoms with Crippen LogP contribution in [0.1, 0.15) is 24.1 Å². The van der Waals surface area contributed by atoms with Gasteiger partial charge in [-0.05, 0) is 24.6 Å². The van der Waals surface area contributed by atoms with Crippen molar-refractivity contribution in [2.24, 2.45) is 5.73 Å². The highest BCUT2D eigenvalue weighted by atomic mass is 32.2. The first-order valence-electron chi connectivity index (χ1n) is 4.53. The van der Waals surface area contributed by atoms with E-state index in [1.54, 1.807) is 6.92 Å². The van der Waals surface area contributed by atoms with Crippen LogP contribution < -0.4 is 10.5 Å². The predicted molar refractivity (Wildman–Crippen MR) is 56.1 cm³/mol. The Labute approximate surface area is 93.5 Å². The van der Waals surface area contributed by atoms with E-state index in [4.69, 9.17) is 5.73 Å². The maximum Gasteiger partial charge on any atom is 0.201 e. The van der Waals surface area contributed by atoms with Crippen LogP contribution in [-0.2, 0) is 17.4 Å². The van der Waals surface area contributed by atoms with Gasteiger partial charge < -0.3 is 5.73 Å². The van der Waals surface area contributed by atoms with Gasteiger partial charge in [0.15, 0.2) is 0 Å². The fourth-order valence-electron chi connectivity index (χ4n) is 1.20. The van der Waals surface area contributed by atoms with Crippen molar-refractivity contribution < 1.29 is 17.2 Å². The van der Waals surface area contributed by atoms with E-state index in [0.29, 0.717) is 5.56 Å². The molecule has 0 fully saturated rings. The minimum Gasteiger partial charge on any atom is -0.324 e. The highest BCUT2D eigenvalue weighted by Crippen LogP contribution is 2.18. The molecule has 1 rings (SSSR count). The third-order valence-electron chi connectivity index (χ3n) is 2.07. The zero-order valence-electron chi connectivity index (χ0n) is 8.54. The second-order valence-corrected chi connectivity index (χ2v) is 4.17. The van der Waals surface area contributed by atoms with Crippen LogP contribution in [0, 0.1) is 11.6 Å². The predicted octanol–water partition coefficient (Wildman–Crippen LogP) is 0.601. The van der Waals surface area contributed by atoms with Crippen LogP contribution in [0.3, 0.4) is 0 Å². The second-order valence-electron chi connectivity index (χ2n) is 3.34. The lowest BCUT2D eigenvalue weighted by atomic mass is 10.1. The number of rotatable bonds is 4. The molecule has 3 N–H and O–H groups in total. The molecule has 0 spiro atoms. The molecule has 90 valence electrons. The maximum absolute atomic E-state index is 13.4. The molecule has 0 aliphatic carbocycles. The van der Waals surface area contributed by atoms with Crippen LogP contribution in [0.4, 0.5) is 8.78 Å². The van der Waals surface area contributed by atoms with E-state index in [1.165, 1.54) is 0 Å². The van der Waals surface area contributed by atoms with Gasteiger partial charge in [-0.15, -0.1) is 0 Å². The van der Waals surface area contributed by atoms with E-state index in [-0.39, 0.29) is 5.56 Å². The number of halogens is 2. The monoisotopic (exact) mass is 250 g/mol. The molecular formula is C9H12F2N2O2S. The summed E-state index contributed by atoms with van der Waals surface area (Å²) in [5.74, 6) is -1.62. The molecular weight excluding hydrogens is 238 g/mol. The third-order valence-corrected chi connectivity index (χ3v) is 2.49. The first-order chi connectivity index (χ1) is 7.41. The Morgan fingerprint density at radius 1 is 1.38 bits per heavy atom. The minimum atomic E-state index is -2.88. The summed E-state index contributed by atoms with van der Waals surface area (Å²) in [5.41, 5.74) is 5.49. The molecule has 0 saturated heterocycles. The van der Waals surface area contributed by atoms with Crippen LogP contribution >= 0.6 is 0 Å². The minimum absolute atomic E-state index is 0.316. The van der Waals surface area contributed by atoms with Crippen LogP contribution in [0.2, 0.25) is 0 Å². The van der Waals surface area contributed by atoms with Gasteiger partial charge in [0.2, 0.25) is 10.9 Å². The topological polar surface area (TPSA) is 72.2 Å². The molecule has 0 heterocycles. The molecule has 0 unspecified atom stereocenters. The first kappa shape index (κ1) is 13.0. The number of thiol groups is 1. The van der Waals surface area contributed by atoms with Gasteiger partial charge in [-0.1, -0.05) is 0 Å². The molecule has 1 atom stereocenters. The van der Waals surface area contributed by atoms with Crippen molar-refractivity contribution in [3.05, 3.63) is 34.9 Å². The van der Waals surface area contributed by atoms with Crippen LogP contribution in [0.15, 0.2) is 12.1 Å². The SMILES string of the molecule is C[C@@H](N)c1cc(F)c(CN[SH](=O)=O)c(F)c1. The smallest absolute Gasteiger partial charge is 0.201 e. The number of nitrogens with two attached hydrogens (primary N) is 1. The lowest BCUT2D eigenvalue weighted by Crippen LogP contribution is -2.14. The number of nitrogens with one attached hydrogen (secondary N) is 1. The summed E-state index contributed by atoms with van der Waals surface area (Å²) >= 11 is 0. The van der Waals surface area contributed by atoms with Gasteiger partial charge in [-0.3, -0.25) is 0 Å². The molecule has 0 saturated carbocycles. The van der Waals surface area contributed by atoms with E-state index in [2.05, 4.69) is 0 Å². The second kappa shape index (κ2) is 5.33. The van der Waals surface area contributed by atoms with Crippen molar-refractivity contribution >= 4 is 10.9 Å². The van der Waals surface area contributed by atoms with Gasteiger partial charge in [-0.25, -0.2) is 21.9 Å². The van der Waals surface area contributed by atoms with Crippen molar-refractivity contribution in [3.8, 4) is 0 Å². The standard InChI is InChI=1S/C9H12F2N2O2S/c1-5(12)6-2-8(10)7(9(11)3-6)4-13-16(14)15/h2-3,5,16H,4,12H2,1H3,(H,13,14,15)/t5-/m1/s1. The van der Waals surface area contributed by atoms with Crippen molar-refractivity contribution in [1.82, 2.24) is 4.72 Å². The Morgan fingerprint density at radius 2 is 1.88 bits per heavy atom. The number of hydrogen-bond donors (Lipinski definition) is 3. The summed E-state index contributed by atoms with van der Waals surface area (Å²) in [4.78, 5) is 0. The van der Waals surface area contributed by atoms with Gasteiger partial charge >= 0.3 is 0 Å². The van der Waals surface area contributed by atoms with Gasteiger partial charge in [0.1, 0.15) is 11.6 Å². The van der Waals surface area contributed by atoms with E-state index < -0.39 is 35.1 Å². The fourth-order valence-corrected chi connectivity index (χ4v) is 1.49. The summed E-state index contributed by atoms with van der Waals surface area (Å²) in [6.07, 6.45) is 0. The average molecular weight is 250 g/mol. The Morgan fingerprint density at radius 3 is 2.25 bits per heavy atom. The Kier molecular flexibility index (Phi) is 4.34. The van der Waals surface area contributed by atoms with E-state index >= 15 is 0 Å². The normalized spacial score (nSPS) is 13.1. The van der Waals surface area contributed by atoms with Crippen LogP contribution in [0.25, 0.3) is 0 Å². The van der Waals surface area contributed by atoms with Crippen LogP contribution in [0.5, 0.6) is 0 Å². The summed E-state index contributed by atoms with van der Waals surface area (Å²) in [6, 6.07) is 1.72. The molecule has 7 heteroatoms. The molecule has 0 bridgehead atoms. The van der Waals surface area contributed by atoms with Gasteiger partial charge in [0, 0.05) is 18.2 Å². The van der Waals surface area contributed by atoms with Crippen molar-refractivity contribution in [3.63, 3.8) is 0 Å². The van der Waals surface area contributed by atoms with Gasteiger partial charge in [0.25, 0.3) is 0 Å². The number of benzene rings is 1. The molecule has 4 nitrogen and oxygen atoms in total. The zero-order chi connectivity index (χ0) is 12.3. The summed E-state index contributed by atoms with van der Waals surface area (Å²) in [5, 5.41) is 0. The van der Waals surface area contributed by atoms with E-state index in [9.17, 15) is 17.2 Å². The zero-order valence-corrected chi connectivity index (χ0v) is 9.43. The Bertz CT molecular complexity index is 430. The van der Waals surface area contributed by atoms with E-state index in [1.807, 2.05) is 4.72 Å². The maximum atomic E-state index is 13.4. The molecule has 0 amide bonds. The van der Waals surface area contributed by atoms with E-state index in [0.717, 1.165) is 12.1 Å².